The van der Waals surface area contributed by atoms with Crippen LogP contribution in [0, 0.1) is 0 Å². The summed E-state index contributed by atoms with van der Waals surface area (Å²) in [4.78, 5) is 65.1. The fourth-order valence-electron chi connectivity index (χ4n) is 9.79. The maximum Gasteiger partial charge on any atom is 0.406 e. The van der Waals surface area contributed by atoms with Crippen molar-refractivity contribution in [1.29, 1.82) is 0 Å². The minimum absolute atomic E-state index is 0.0137. The smallest absolute Gasteiger partial charge is 0.387 e. The van der Waals surface area contributed by atoms with Gasteiger partial charge in [-0.2, -0.15) is 26.3 Å². The van der Waals surface area contributed by atoms with Crippen LogP contribution >= 0.6 is 0 Å². The van der Waals surface area contributed by atoms with Crippen molar-refractivity contribution in [1.82, 2.24) is 69.2 Å². The Morgan fingerprint density at radius 1 is 0.608 bits per heavy atom. The van der Waals surface area contributed by atoms with Gasteiger partial charge in [-0.15, -0.1) is 0 Å². The number of amides is 1. The van der Waals surface area contributed by atoms with Gasteiger partial charge in [0.25, 0.3) is 0 Å². The Labute approximate surface area is 419 Å². The Kier molecular flexibility index (Phi) is 14.7. The number of piperazine rings is 2. The molecule has 6 aromatic rings. The van der Waals surface area contributed by atoms with Gasteiger partial charge in [0.05, 0.1) is 37.6 Å². The second-order valence-corrected chi connectivity index (χ2v) is 18.6. The number of carbonyl (C=O) groups excluding carboxylic acids is 1. The number of anilines is 6. The number of carbonyl (C=O) groups is 1. The molecule has 4 saturated heterocycles. The first-order chi connectivity index (χ1) is 35.2. The van der Waals surface area contributed by atoms with Crippen molar-refractivity contribution in [2.45, 2.75) is 77.3 Å². The molecule has 30 heteroatoms. The molecule has 74 heavy (non-hydrogen) atoms. The van der Waals surface area contributed by atoms with E-state index in [2.05, 4.69) is 45.2 Å². The molecule has 6 aromatic heterocycles. The van der Waals surface area contributed by atoms with Crippen LogP contribution in [0.1, 0.15) is 27.7 Å². The molecule has 6 N–H and O–H groups in total. The summed E-state index contributed by atoms with van der Waals surface area (Å²) in [6.45, 7) is 9.68. The number of rotatable bonds is 9. The van der Waals surface area contributed by atoms with Gasteiger partial charge in [0.1, 0.15) is 19.7 Å². The van der Waals surface area contributed by atoms with E-state index in [4.69, 9.17) is 30.9 Å². The minimum Gasteiger partial charge on any atom is -0.387 e. The van der Waals surface area contributed by atoms with Gasteiger partial charge >= 0.3 is 12.4 Å². The summed E-state index contributed by atoms with van der Waals surface area (Å²) in [5, 5.41) is 12.8. The lowest BCUT2D eigenvalue weighted by molar-refractivity contribution is -0.140. The third kappa shape index (κ3) is 11.4. The lowest BCUT2D eigenvalue weighted by Gasteiger charge is -2.44. The topological polar surface area (TPSA) is 275 Å². The number of fused-ring (bicyclic) bond motifs is 2. The number of nitrogen functional groups attached to an aromatic ring is 2. The number of morpholine rings is 2. The highest BCUT2D eigenvalue weighted by Gasteiger charge is 2.39. The summed E-state index contributed by atoms with van der Waals surface area (Å²) in [7, 11) is 0. The maximum atomic E-state index is 13.9. The molecule has 4 fully saturated rings. The number of halogens is 6. The van der Waals surface area contributed by atoms with Gasteiger partial charge in [-0.3, -0.25) is 13.9 Å². The molecule has 0 radical (unpaired) electrons. The Morgan fingerprint density at radius 2 is 0.986 bits per heavy atom. The summed E-state index contributed by atoms with van der Waals surface area (Å²) < 4.78 is 96.3. The van der Waals surface area contributed by atoms with Crippen LogP contribution in [0.3, 0.4) is 0 Å². The molecular weight excluding hydrogens is 987 g/mol. The third-order valence-corrected chi connectivity index (χ3v) is 12.7. The van der Waals surface area contributed by atoms with Crippen molar-refractivity contribution in [3.8, 4) is 22.8 Å². The van der Waals surface area contributed by atoms with Crippen molar-refractivity contribution >= 4 is 63.7 Å². The van der Waals surface area contributed by atoms with Gasteiger partial charge in [-0.1, -0.05) is 0 Å². The first kappa shape index (κ1) is 51.8. The summed E-state index contributed by atoms with van der Waals surface area (Å²) in [5.41, 5.74) is 12.7. The second kappa shape index (κ2) is 21.1. The number of hydrogen-bond donors (Lipinski definition) is 4. The number of hydrogen-bond acceptors (Lipinski definition) is 21. The van der Waals surface area contributed by atoms with Crippen LogP contribution in [0.5, 0.6) is 0 Å². The van der Waals surface area contributed by atoms with E-state index in [1.165, 1.54) is 24.8 Å². The zero-order valence-electron chi connectivity index (χ0n) is 40.9. The Bertz CT molecular complexity index is 2910. The molecule has 0 unspecified atom stereocenters. The average Bonchev–Trinajstić information content (AvgIpc) is 3.90. The molecule has 10 heterocycles. The summed E-state index contributed by atoms with van der Waals surface area (Å²) in [6.07, 6.45) is -3.29. The standard InChI is InChI=1S/C23H29F3N10O3.C21H27F3N10O/c1-13-9-34(10-14(2)36(13)16(38)11-37)22-30-17-19(33-3-5-39-6-4-33)31-18(15-7-28-21(27)29-8-15)32-20(17)35(22)12-23(24,25)26;1-12-9-33(10-13(2)28-12)20-29-15-17(32-3-5-35-6-4-32)30-16(14-7-26-19(25)27-8-14)31-18(15)34(20)11-21(22,23)24/h7-8,13-14,37H,3-6,9-12H2,1-2H3,(H2,27,28,29);7-8,12-13,28H,3-6,9-11H2,1-2H3,(H2,25,26,27)/t13-,14+;12-,13+. The number of nitrogens with one attached hydrogen (secondary N) is 1. The zero-order valence-corrected chi connectivity index (χ0v) is 40.9. The molecule has 0 spiro atoms. The van der Waals surface area contributed by atoms with E-state index >= 15 is 0 Å². The van der Waals surface area contributed by atoms with Gasteiger partial charge in [0.2, 0.25) is 29.7 Å². The lowest BCUT2D eigenvalue weighted by atomic mass is 10.1. The highest BCUT2D eigenvalue weighted by molar-refractivity contribution is 5.89. The molecule has 0 saturated carbocycles. The van der Waals surface area contributed by atoms with Gasteiger partial charge in [0.15, 0.2) is 45.6 Å². The van der Waals surface area contributed by atoms with E-state index < -0.39 is 38.0 Å². The number of alkyl halides is 6. The third-order valence-electron chi connectivity index (χ3n) is 12.7. The molecule has 1 amide bonds. The summed E-state index contributed by atoms with van der Waals surface area (Å²) in [5.74, 6) is 1.17. The van der Waals surface area contributed by atoms with E-state index in [1.54, 1.807) is 23.6 Å². The monoisotopic (exact) mass is 1040 g/mol. The first-order valence-electron chi connectivity index (χ1n) is 23.9. The molecule has 0 aromatic carbocycles. The van der Waals surface area contributed by atoms with Gasteiger partial charge in [-0.25, -0.2) is 49.8 Å². The van der Waals surface area contributed by atoms with Crippen LogP contribution in [0.15, 0.2) is 24.8 Å². The number of nitrogens with two attached hydrogens (primary N) is 2. The number of nitrogens with zero attached hydrogens (tertiary/aromatic N) is 17. The van der Waals surface area contributed by atoms with Crippen LogP contribution in [0.4, 0.5) is 61.8 Å². The van der Waals surface area contributed by atoms with Gasteiger partial charge in [0, 0.05) is 101 Å². The summed E-state index contributed by atoms with van der Waals surface area (Å²) >= 11 is 0. The lowest BCUT2D eigenvalue weighted by Crippen LogP contribution is -2.59. The number of aliphatic hydroxyl groups excluding tert-OH is 1. The van der Waals surface area contributed by atoms with Crippen molar-refractivity contribution in [3.63, 3.8) is 0 Å². The van der Waals surface area contributed by atoms with E-state index in [-0.39, 0.29) is 89.5 Å². The quantitative estimate of drug-likeness (QED) is 0.151. The van der Waals surface area contributed by atoms with E-state index in [1.807, 2.05) is 28.5 Å². The van der Waals surface area contributed by atoms with Crippen LogP contribution in [0.2, 0.25) is 0 Å². The highest BCUT2D eigenvalue weighted by atomic mass is 19.4. The van der Waals surface area contributed by atoms with E-state index in [0.29, 0.717) is 94.0 Å². The van der Waals surface area contributed by atoms with Crippen molar-refractivity contribution in [3.05, 3.63) is 24.8 Å². The number of aliphatic hydroxyl groups is 1. The molecule has 10 rings (SSSR count). The predicted octanol–water partition coefficient (Wildman–Crippen LogP) is 2.13. The molecular formula is C44H56F6N20O4. The molecule has 24 nitrogen and oxygen atoms in total. The van der Waals surface area contributed by atoms with Crippen molar-refractivity contribution in [2.24, 2.45) is 0 Å². The fourth-order valence-corrected chi connectivity index (χ4v) is 9.79. The Balaban J connectivity index is 0.000000183. The van der Waals surface area contributed by atoms with Gasteiger partial charge in [-0.05, 0) is 27.7 Å². The molecule has 4 aliphatic rings. The number of aromatic nitrogens is 12. The normalized spacial score (nSPS) is 21.1. The zero-order chi connectivity index (χ0) is 52.6. The maximum absolute atomic E-state index is 13.9. The van der Waals surface area contributed by atoms with Crippen LogP contribution in [0.25, 0.3) is 45.1 Å². The molecule has 0 bridgehead atoms. The van der Waals surface area contributed by atoms with E-state index in [9.17, 15) is 36.2 Å². The molecule has 0 aliphatic carbocycles. The SMILES string of the molecule is C[C@@H]1CN(c2nc3c(N4CCOCC4)nc(-c4cnc(N)nc4)nc3n2CC(F)(F)F)C[C@H](C)N1.C[C@@H]1CN(c2nc3c(N4CCOCC4)nc(-c4cnc(N)nc4)nc3n2CC(F)(F)F)C[C@H](C)N1C(=O)CO. The van der Waals surface area contributed by atoms with Gasteiger partial charge < -0.3 is 55.9 Å². The molecule has 4 atom stereocenters. The number of imidazole rings is 2. The predicted molar refractivity (Wildman–Crippen MR) is 259 cm³/mol. The highest BCUT2D eigenvalue weighted by Crippen LogP contribution is 2.37. The number of ether oxygens (including phenoxy) is 2. The van der Waals surface area contributed by atoms with E-state index in [0.717, 1.165) is 9.13 Å². The molecule has 4 aliphatic heterocycles. The Morgan fingerprint density at radius 3 is 1.35 bits per heavy atom. The first-order valence-corrected chi connectivity index (χ1v) is 23.9. The van der Waals surface area contributed by atoms with Crippen LogP contribution in [-0.2, 0) is 27.4 Å². The fraction of sp³-hybridized carbons (Fsp3) is 0.568. The largest absolute Gasteiger partial charge is 0.406 e. The average molecular weight is 1040 g/mol. The Hall–Kier alpha value is -7.05. The van der Waals surface area contributed by atoms with Crippen molar-refractivity contribution < 1.29 is 45.7 Å². The minimum atomic E-state index is -4.57. The van der Waals surface area contributed by atoms with Crippen molar-refractivity contribution in [2.75, 3.05) is 116 Å². The molecule has 398 valence electrons. The summed E-state index contributed by atoms with van der Waals surface area (Å²) in [6, 6.07) is -0.574. The van der Waals surface area contributed by atoms with Crippen LogP contribution in [-0.4, -0.2) is 197 Å². The van der Waals surface area contributed by atoms with Crippen LogP contribution < -0.4 is 36.4 Å². The second-order valence-electron chi connectivity index (χ2n) is 18.6.